The minimum Gasteiger partial charge on any atom is -0.389 e. The van der Waals surface area contributed by atoms with Crippen molar-refractivity contribution in [3.05, 3.63) is 0 Å². The fraction of sp³-hybridized carbons (Fsp3) is 1.00. The fourth-order valence-electron chi connectivity index (χ4n) is 2.59. The molecule has 0 aromatic heterocycles. The van der Waals surface area contributed by atoms with E-state index in [9.17, 15) is 5.11 Å². The van der Waals surface area contributed by atoms with Gasteiger partial charge in [0.2, 0.25) is 0 Å². The van der Waals surface area contributed by atoms with Crippen LogP contribution in [0.1, 0.15) is 0 Å². The fourth-order valence-corrected chi connectivity index (χ4v) is 2.59. The van der Waals surface area contributed by atoms with Crippen LogP contribution in [-0.4, -0.2) is 113 Å². The van der Waals surface area contributed by atoms with Crippen molar-refractivity contribution in [2.75, 3.05) is 92.1 Å². The molecule has 0 saturated carbocycles. The Morgan fingerprint density at radius 2 is 1.41 bits per heavy atom. The Balaban J connectivity index is 1.37. The third-order valence-corrected chi connectivity index (χ3v) is 3.91. The minimum absolute atomic E-state index is 0.365. The number of hydrogen-bond donors (Lipinski definition) is 1. The van der Waals surface area contributed by atoms with Crippen LogP contribution < -0.4 is 0 Å². The van der Waals surface area contributed by atoms with E-state index in [1.807, 2.05) is 0 Å². The molecule has 130 valence electrons. The summed E-state index contributed by atoms with van der Waals surface area (Å²) in [6.45, 7) is 10.7. The highest BCUT2D eigenvalue weighted by Crippen LogP contribution is 1.99. The topological polar surface area (TPSA) is 63.6 Å². The normalized spacial score (nSPS) is 22.8. The summed E-state index contributed by atoms with van der Waals surface area (Å²) in [5, 5.41) is 9.91. The summed E-state index contributed by atoms with van der Waals surface area (Å²) >= 11 is 0. The Kier molecular flexibility index (Phi) is 9.27. The van der Waals surface area contributed by atoms with Crippen LogP contribution in [0.15, 0.2) is 0 Å². The molecule has 0 aromatic carbocycles. The maximum atomic E-state index is 9.91. The molecular weight excluding hydrogens is 288 g/mol. The first-order chi connectivity index (χ1) is 10.8. The molecule has 0 aliphatic carbocycles. The average molecular weight is 318 g/mol. The number of hydrogen-bond acceptors (Lipinski definition) is 7. The summed E-state index contributed by atoms with van der Waals surface area (Å²) in [7, 11) is 0. The molecule has 7 nitrogen and oxygen atoms in total. The van der Waals surface area contributed by atoms with Gasteiger partial charge in [0.15, 0.2) is 0 Å². The van der Waals surface area contributed by atoms with Gasteiger partial charge in [0.05, 0.1) is 59.0 Å². The maximum absolute atomic E-state index is 9.91. The van der Waals surface area contributed by atoms with E-state index in [1.54, 1.807) is 0 Å². The Morgan fingerprint density at radius 1 is 0.818 bits per heavy atom. The lowest BCUT2D eigenvalue weighted by atomic mass is 10.3. The Labute approximate surface area is 133 Å². The van der Waals surface area contributed by atoms with Crippen molar-refractivity contribution in [3.63, 3.8) is 0 Å². The molecule has 0 amide bonds. The third-order valence-electron chi connectivity index (χ3n) is 3.91. The number of morpholine rings is 2. The van der Waals surface area contributed by atoms with Crippen LogP contribution in [0.3, 0.4) is 0 Å². The number of aliphatic hydroxyl groups is 1. The first-order valence-electron chi connectivity index (χ1n) is 8.28. The van der Waals surface area contributed by atoms with Gasteiger partial charge in [-0.1, -0.05) is 0 Å². The van der Waals surface area contributed by atoms with E-state index in [0.717, 1.165) is 65.8 Å². The largest absolute Gasteiger partial charge is 0.389 e. The van der Waals surface area contributed by atoms with Crippen LogP contribution in [0.2, 0.25) is 0 Å². The summed E-state index contributed by atoms with van der Waals surface area (Å²) < 4.78 is 21.6. The highest BCUT2D eigenvalue weighted by atomic mass is 16.5. The molecule has 0 bridgehead atoms. The second kappa shape index (κ2) is 11.3. The maximum Gasteiger partial charge on any atom is 0.0900 e. The quantitative estimate of drug-likeness (QED) is 0.521. The van der Waals surface area contributed by atoms with E-state index in [2.05, 4.69) is 9.80 Å². The Hall–Kier alpha value is -0.280. The van der Waals surface area contributed by atoms with Gasteiger partial charge in [-0.05, 0) is 0 Å². The molecule has 0 radical (unpaired) electrons. The van der Waals surface area contributed by atoms with Crippen molar-refractivity contribution >= 4 is 0 Å². The molecule has 0 unspecified atom stereocenters. The predicted molar refractivity (Wildman–Crippen MR) is 82.2 cm³/mol. The van der Waals surface area contributed by atoms with Crippen molar-refractivity contribution in [2.24, 2.45) is 0 Å². The number of rotatable bonds is 10. The lowest BCUT2D eigenvalue weighted by Crippen LogP contribution is -2.42. The van der Waals surface area contributed by atoms with Gasteiger partial charge >= 0.3 is 0 Å². The second-order valence-electron chi connectivity index (χ2n) is 5.71. The summed E-state index contributed by atoms with van der Waals surface area (Å²) in [6, 6.07) is 0. The number of aliphatic hydroxyl groups excluding tert-OH is 1. The van der Waals surface area contributed by atoms with Gasteiger partial charge in [-0.2, -0.15) is 0 Å². The summed E-state index contributed by atoms with van der Waals surface area (Å²) in [5.41, 5.74) is 0. The van der Waals surface area contributed by atoms with Crippen molar-refractivity contribution in [2.45, 2.75) is 6.10 Å². The number of nitrogens with zero attached hydrogens (tertiary/aromatic N) is 2. The molecule has 22 heavy (non-hydrogen) atoms. The molecule has 2 aliphatic heterocycles. The smallest absolute Gasteiger partial charge is 0.0900 e. The molecule has 2 heterocycles. The molecule has 2 rings (SSSR count). The van der Waals surface area contributed by atoms with E-state index in [4.69, 9.17) is 18.9 Å². The number of β-amino-alcohol motifs (C(OH)–C–C–N with tert-alkyl or cyclic N) is 1. The SMILES string of the molecule is O[C@@H](COCCOCCN1CCOCC1)CN1CCOCC1. The highest BCUT2D eigenvalue weighted by molar-refractivity contribution is 4.67. The van der Waals surface area contributed by atoms with Crippen LogP contribution in [0.4, 0.5) is 0 Å². The van der Waals surface area contributed by atoms with Crippen LogP contribution >= 0.6 is 0 Å². The van der Waals surface area contributed by atoms with Crippen LogP contribution in [0.5, 0.6) is 0 Å². The van der Waals surface area contributed by atoms with Crippen LogP contribution in [-0.2, 0) is 18.9 Å². The van der Waals surface area contributed by atoms with E-state index in [-0.39, 0.29) is 0 Å². The Bertz CT molecular complexity index is 271. The summed E-state index contributed by atoms with van der Waals surface area (Å²) in [4.78, 5) is 4.55. The van der Waals surface area contributed by atoms with Gasteiger partial charge in [-0.15, -0.1) is 0 Å². The highest BCUT2D eigenvalue weighted by Gasteiger charge is 2.14. The lowest BCUT2D eigenvalue weighted by molar-refractivity contribution is -0.0287. The van der Waals surface area contributed by atoms with E-state index in [0.29, 0.717) is 26.4 Å². The second-order valence-corrected chi connectivity index (χ2v) is 5.71. The zero-order valence-corrected chi connectivity index (χ0v) is 13.5. The molecule has 2 fully saturated rings. The van der Waals surface area contributed by atoms with Crippen LogP contribution in [0, 0.1) is 0 Å². The molecular formula is C15H30N2O5. The lowest BCUT2D eigenvalue weighted by Gasteiger charge is -2.28. The zero-order chi connectivity index (χ0) is 15.5. The van der Waals surface area contributed by atoms with Gasteiger partial charge in [0, 0.05) is 39.3 Å². The van der Waals surface area contributed by atoms with E-state index < -0.39 is 6.10 Å². The number of ether oxygens (including phenoxy) is 4. The predicted octanol–water partition coefficient (Wildman–Crippen LogP) is -0.955. The van der Waals surface area contributed by atoms with Gasteiger partial charge in [0.25, 0.3) is 0 Å². The van der Waals surface area contributed by atoms with Crippen LogP contribution in [0.25, 0.3) is 0 Å². The molecule has 1 N–H and O–H groups in total. The average Bonchev–Trinajstić information content (AvgIpc) is 2.56. The molecule has 0 aromatic rings. The van der Waals surface area contributed by atoms with Gasteiger partial charge in [0.1, 0.15) is 0 Å². The van der Waals surface area contributed by atoms with E-state index in [1.165, 1.54) is 0 Å². The molecule has 2 saturated heterocycles. The minimum atomic E-state index is -0.438. The van der Waals surface area contributed by atoms with E-state index >= 15 is 0 Å². The monoisotopic (exact) mass is 318 g/mol. The summed E-state index contributed by atoms with van der Waals surface area (Å²) in [5.74, 6) is 0. The van der Waals surface area contributed by atoms with Gasteiger partial charge in [-0.3, -0.25) is 9.80 Å². The van der Waals surface area contributed by atoms with Gasteiger partial charge < -0.3 is 24.1 Å². The van der Waals surface area contributed by atoms with Gasteiger partial charge in [-0.25, -0.2) is 0 Å². The summed E-state index contributed by atoms with van der Waals surface area (Å²) in [6.07, 6.45) is -0.438. The zero-order valence-electron chi connectivity index (χ0n) is 13.5. The van der Waals surface area contributed by atoms with Crippen molar-refractivity contribution in [1.82, 2.24) is 9.80 Å². The molecule has 1 atom stereocenters. The van der Waals surface area contributed by atoms with Crippen molar-refractivity contribution < 1.29 is 24.1 Å². The molecule has 2 aliphatic rings. The molecule has 7 heteroatoms. The third kappa shape index (κ3) is 7.82. The first-order valence-corrected chi connectivity index (χ1v) is 8.28. The van der Waals surface area contributed by atoms with Crippen molar-refractivity contribution in [3.8, 4) is 0 Å². The Morgan fingerprint density at radius 3 is 2.09 bits per heavy atom. The van der Waals surface area contributed by atoms with Crippen molar-refractivity contribution in [1.29, 1.82) is 0 Å². The molecule has 0 spiro atoms. The standard InChI is InChI=1S/C15H30N2O5/c18-15(13-17-4-9-20-10-5-17)14-22-12-11-21-8-3-16-1-6-19-7-2-16/h15,18H,1-14H2/t15-/m1/s1. The first kappa shape index (κ1) is 18.1.